The second kappa shape index (κ2) is 6.36. The predicted octanol–water partition coefficient (Wildman–Crippen LogP) is 2.21. The molecule has 0 saturated heterocycles. The van der Waals surface area contributed by atoms with Gasteiger partial charge in [0.1, 0.15) is 5.78 Å². The molecule has 2 heteroatoms. The number of rotatable bonds is 6. The minimum absolute atomic E-state index is 0.0910. The number of benzene rings is 1. The van der Waals surface area contributed by atoms with Crippen molar-refractivity contribution in [3.8, 4) is 0 Å². The summed E-state index contributed by atoms with van der Waals surface area (Å²) in [5.74, 6) is 0.327. The van der Waals surface area contributed by atoms with Gasteiger partial charge in [0.15, 0.2) is 0 Å². The van der Waals surface area contributed by atoms with Crippen LogP contribution < -0.4 is 0 Å². The second-order valence-electron chi connectivity index (χ2n) is 4.02. The Kier molecular flexibility index (Phi) is 5.05. The number of Topliss-reactive ketones (excluding diaryl/α,β-unsaturated/α-hetero) is 1. The maximum atomic E-state index is 11.5. The standard InChI is InChI=1S/C13H18O2/c1-11(10-14)9-13(15)8-7-12-5-3-2-4-6-12/h2-6,11,14H,7-10H2,1H3. The molecule has 0 fully saturated rings. The Bertz CT molecular complexity index is 293. The molecule has 1 atom stereocenters. The van der Waals surface area contributed by atoms with Gasteiger partial charge in [-0.2, -0.15) is 0 Å². The normalized spacial score (nSPS) is 12.4. The quantitative estimate of drug-likeness (QED) is 0.774. The summed E-state index contributed by atoms with van der Waals surface area (Å²) in [5.41, 5.74) is 1.20. The fourth-order valence-electron chi connectivity index (χ4n) is 1.48. The van der Waals surface area contributed by atoms with E-state index in [4.69, 9.17) is 5.11 Å². The first kappa shape index (κ1) is 11.9. The number of ketones is 1. The van der Waals surface area contributed by atoms with Crippen LogP contribution in [0.15, 0.2) is 30.3 Å². The largest absolute Gasteiger partial charge is 0.396 e. The van der Waals surface area contributed by atoms with Crippen LogP contribution in [-0.4, -0.2) is 17.5 Å². The van der Waals surface area contributed by atoms with E-state index >= 15 is 0 Å². The Balaban J connectivity index is 2.29. The van der Waals surface area contributed by atoms with Gasteiger partial charge in [-0.1, -0.05) is 37.3 Å². The third-order valence-electron chi connectivity index (χ3n) is 2.42. The van der Waals surface area contributed by atoms with Crippen molar-refractivity contribution in [3.05, 3.63) is 35.9 Å². The van der Waals surface area contributed by atoms with Gasteiger partial charge in [0.2, 0.25) is 0 Å². The predicted molar refractivity (Wildman–Crippen MR) is 60.6 cm³/mol. The minimum atomic E-state index is 0.0910. The number of aryl methyl sites for hydroxylation is 1. The van der Waals surface area contributed by atoms with Crippen molar-refractivity contribution in [1.82, 2.24) is 0 Å². The summed E-state index contributed by atoms with van der Waals surface area (Å²) < 4.78 is 0. The molecule has 1 N–H and O–H groups in total. The third kappa shape index (κ3) is 4.75. The zero-order valence-corrected chi connectivity index (χ0v) is 9.15. The molecule has 1 unspecified atom stereocenters. The smallest absolute Gasteiger partial charge is 0.133 e. The van der Waals surface area contributed by atoms with E-state index < -0.39 is 0 Å². The lowest BCUT2D eigenvalue weighted by molar-refractivity contribution is -0.120. The number of carbonyl (C=O) groups is 1. The van der Waals surface area contributed by atoms with Crippen LogP contribution in [0.2, 0.25) is 0 Å². The van der Waals surface area contributed by atoms with Crippen LogP contribution in [0.3, 0.4) is 0 Å². The molecule has 15 heavy (non-hydrogen) atoms. The van der Waals surface area contributed by atoms with Crippen LogP contribution in [0.25, 0.3) is 0 Å². The van der Waals surface area contributed by atoms with Gasteiger partial charge in [0, 0.05) is 19.4 Å². The summed E-state index contributed by atoms with van der Waals surface area (Å²) in [6.45, 7) is 1.98. The van der Waals surface area contributed by atoms with Crippen molar-refractivity contribution in [2.75, 3.05) is 6.61 Å². The molecule has 2 nitrogen and oxygen atoms in total. The van der Waals surface area contributed by atoms with Crippen molar-refractivity contribution in [2.24, 2.45) is 5.92 Å². The number of aliphatic hydroxyl groups excluding tert-OH is 1. The zero-order valence-electron chi connectivity index (χ0n) is 9.15. The van der Waals surface area contributed by atoms with Crippen LogP contribution in [0.5, 0.6) is 0 Å². The van der Waals surface area contributed by atoms with E-state index in [2.05, 4.69) is 0 Å². The molecule has 0 aliphatic heterocycles. The zero-order chi connectivity index (χ0) is 11.1. The van der Waals surface area contributed by atoms with Crippen LogP contribution >= 0.6 is 0 Å². The number of aliphatic hydroxyl groups is 1. The number of carbonyl (C=O) groups excluding carboxylic acids is 1. The van der Waals surface area contributed by atoms with Gasteiger partial charge < -0.3 is 5.11 Å². The van der Waals surface area contributed by atoms with Crippen molar-refractivity contribution in [2.45, 2.75) is 26.2 Å². The lowest BCUT2D eigenvalue weighted by atomic mass is 10.0. The summed E-state index contributed by atoms with van der Waals surface area (Å²) in [7, 11) is 0. The highest BCUT2D eigenvalue weighted by Crippen LogP contribution is 2.07. The SMILES string of the molecule is CC(CO)CC(=O)CCc1ccccc1. The average molecular weight is 206 g/mol. The molecule has 0 aliphatic carbocycles. The van der Waals surface area contributed by atoms with E-state index in [9.17, 15) is 4.79 Å². The molecule has 0 aromatic heterocycles. The van der Waals surface area contributed by atoms with Gasteiger partial charge in [-0.25, -0.2) is 0 Å². The van der Waals surface area contributed by atoms with Gasteiger partial charge in [-0.05, 0) is 17.9 Å². The van der Waals surface area contributed by atoms with E-state index in [0.29, 0.717) is 12.8 Å². The molecule has 1 aromatic carbocycles. The highest BCUT2D eigenvalue weighted by Gasteiger charge is 2.07. The number of hydrogen-bond acceptors (Lipinski definition) is 2. The highest BCUT2D eigenvalue weighted by molar-refractivity contribution is 5.78. The van der Waals surface area contributed by atoms with E-state index in [1.54, 1.807) is 0 Å². The molecule has 82 valence electrons. The monoisotopic (exact) mass is 206 g/mol. The van der Waals surface area contributed by atoms with Crippen LogP contribution in [0.4, 0.5) is 0 Å². The van der Waals surface area contributed by atoms with Crippen molar-refractivity contribution in [1.29, 1.82) is 0 Å². The Morgan fingerprint density at radius 1 is 1.33 bits per heavy atom. The molecule has 0 aliphatic rings. The summed E-state index contributed by atoms with van der Waals surface area (Å²) >= 11 is 0. The molecular weight excluding hydrogens is 188 g/mol. The Hall–Kier alpha value is -1.15. The Labute approximate surface area is 90.9 Å². The van der Waals surface area contributed by atoms with Crippen LogP contribution in [0.1, 0.15) is 25.3 Å². The van der Waals surface area contributed by atoms with E-state index in [1.165, 1.54) is 5.56 Å². The van der Waals surface area contributed by atoms with Gasteiger partial charge >= 0.3 is 0 Å². The minimum Gasteiger partial charge on any atom is -0.396 e. The molecular formula is C13H18O2. The van der Waals surface area contributed by atoms with E-state index in [-0.39, 0.29) is 18.3 Å². The highest BCUT2D eigenvalue weighted by atomic mass is 16.3. The molecule has 1 rings (SSSR count). The van der Waals surface area contributed by atoms with E-state index in [0.717, 1.165) is 6.42 Å². The van der Waals surface area contributed by atoms with Crippen molar-refractivity contribution in [3.63, 3.8) is 0 Å². The molecule has 0 saturated carbocycles. The van der Waals surface area contributed by atoms with Gasteiger partial charge in [-0.3, -0.25) is 4.79 Å². The Morgan fingerprint density at radius 3 is 2.60 bits per heavy atom. The van der Waals surface area contributed by atoms with Crippen LogP contribution in [-0.2, 0) is 11.2 Å². The molecule has 0 bridgehead atoms. The molecule has 1 aromatic rings. The summed E-state index contributed by atoms with van der Waals surface area (Å²) in [6.07, 6.45) is 1.87. The van der Waals surface area contributed by atoms with Gasteiger partial charge in [0.05, 0.1) is 0 Å². The summed E-state index contributed by atoms with van der Waals surface area (Å²) in [6, 6.07) is 10.00. The first-order valence-corrected chi connectivity index (χ1v) is 5.39. The maximum Gasteiger partial charge on any atom is 0.133 e. The van der Waals surface area contributed by atoms with Crippen LogP contribution in [0, 0.1) is 5.92 Å². The van der Waals surface area contributed by atoms with Crippen molar-refractivity contribution >= 4 is 5.78 Å². The maximum absolute atomic E-state index is 11.5. The summed E-state index contributed by atoms with van der Waals surface area (Å²) in [4.78, 5) is 11.5. The first-order chi connectivity index (χ1) is 7.22. The topological polar surface area (TPSA) is 37.3 Å². The fourth-order valence-corrected chi connectivity index (χ4v) is 1.48. The van der Waals surface area contributed by atoms with Crippen molar-refractivity contribution < 1.29 is 9.90 Å². The lowest BCUT2D eigenvalue weighted by Gasteiger charge is -2.06. The number of hydrogen-bond donors (Lipinski definition) is 1. The van der Waals surface area contributed by atoms with E-state index in [1.807, 2.05) is 37.3 Å². The van der Waals surface area contributed by atoms with Gasteiger partial charge in [-0.15, -0.1) is 0 Å². The Morgan fingerprint density at radius 2 is 2.00 bits per heavy atom. The molecule has 0 amide bonds. The first-order valence-electron chi connectivity index (χ1n) is 5.39. The molecule has 0 heterocycles. The average Bonchev–Trinajstić information content (AvgIpc) is 2.27. The molecule has 0 spiro atoms. The van der Waals surface area contributed by atoms with Gasteiger partial charge in [0.25, 0.3) is 0 Å². The lowest BCUT2D eigenvalue weighted by Crippen LogP contribution is -2.09. The third-order valence-corrected chi connectivity index (χ3v) is 2.42. The second-order valence-corrected chi connectivity index (χ2v) is 4.02. The fraction of sp³-hybridized carbons (Fsp3) is 0.462. The molecule has 0 radical (unpaired) electrons. The summed E-state index contributed by atoms with van der Waals surface area (Å²) in [5, 5.41) is 8.82.